The molecule has 0 unspecified atom stereocenters. The third-order valence-electron chi connectivity index (χ3n) is 4.16. The Labute approximate surface area is 155 Å². The number of nitrogens with one attached hydrogen (secondary N) is 1. The molecule has 3 N–H and O–H groups in total. The zero-order chi connectivity index (χ0) is 18.7. The van der Waals surface area contributed by atoms with E-state index in [4.69, 9.17) is 21.9 Å². The number of hydrogen-bond acceptors (Lipinski definition) is 6. The predicted molar refractivity (Wildman–Crippen MR) is 95.0 cm³/mol. The number of hydrogen-bond donors (Lipinski definition) is 2. The van der Waals surface area contributed by atoms with Crippen LogP contribution in [0.25, 0.3) is 0 Å². The van der Waals surface area contributed by atoms with Gasteiger partial charge in [-0.05, 0) is 24.6 Å². The van der Waals surface area contributed by atoms with Gasteiger partial charge in [-0.2, -0.15) is 4.98 Å². The Bertz CT molecular complexity index is 816. The molecule has 1 aromatic heterocycles. The summed E-state index contributed by atoms with van der Waals surface area (Å²) in [6.45, 7) is 4.65. The molecule has 1 fully saturated rings. The van der Waals surface area contributed by atoms with E-state index in [1.165, 1.54) is 0 Å². The molecule has 1 aliphatic rings. The van der Waals surface area contributed by atoms with Crippen molar-refractivity contribution in [1.82, 2.24) is 20.4 Å². The minimum absolute atomic E-state index is 0.0345. The van der Waals surface area contributed by atoms with Gasteiger partial charge < -0.3 is 25.4 Å². The lowest BCUT2D eigenvalue weighted by atomic mass is 10.1. The molecule has 10 heteroatoms. The molecule has 2 aromatic rings. The largest absolute Gasteiger partial charge is 0.368 e. The molecule has 0 radical (unpaired) electrons. The number of rotatable bonds is 4. The number of primary amides is 1. The number of amides is 3. The van der Waals surface area contributed by atoms with E-state index in [-0.39, 0.29) is 24.3 Å². The van der Waals surface area contributed by atoms with Crippen LogP contribution in [0.1, 0.15) is 22.1 Å². The molecule has 0 atom stereocenters. The van der Waals surface area contributed by atoms with Crippen LogP contribution in [0.3, 0.4) is 0 Å². The molecule has 9 nitrogen and oxygen atoms in total. The second-order valence-electron chi connectivity index (χ2n) is 5.94. The van der Waals surface area contributed by atoms with Gasteiger partial charge in [0.25, 0.3) is 11.7 Å². The van der Waals surface area contributed by atoms with Crippen LogP contribution in [0, 0.1) is 6.92 Å². The third-order valence-corrected chi connectivity index (χ3v) is 4.39. The van der Waals surface area contributed by atoms with Crippen molar-refractivity contribution in [3.63, 3.8) is 0 Å². The van der Waals surface area contributed by atoms with Gasteiger partial charge in [-0.3, -0.25) is 4.79 Å². The van der Waals surface area contributed by atoms with Gasteiger partial charge >= 0.3 is 6.03 Å². The van der Waals surface area contributed by atoms with Crippen LogP contribution >= 0.6 is 11.6 Å². The maximum Gasteiger partial charge on any atom is 0.317 e. The molecule has 138 valence electrons. The van der Waals surface area contributed by atoms with Crippen LogP contribution in [-0.2, 0) is 6.54 Å². The fourth-order valence-electron chi connectivity index (χ4n) is 2.76. The number of aryl methyl sites for hydroxylation is 1. The molecule has 1 saturated heterocycles. The lowest BCUT2D eigenvalue weighted by Gasteiger charge is -2.36. The molecule has 0 aliphatic carbocycles. The van der Waals surface area contributed by atoms with E-state index in [9.17, 15) is 9.59 Å². The van der Waals surface area contributed by atoms with Gasteiger partial charge in [-0.15, -0.1) is 0 Å². The van der Waals surface area contributed by atoms with Crippen molar-refractivity contribution in [1.29, 1.82) is 0 Å². The Hall–Kier alpha value is -2.81. The van der Waals surface area contributed by atoms with Crippen molar-refractivity contribution >= 4 is 29.2 Å². The first kappa shape index (κ1) is 18.0. The summed E-state index contributed by atoms with van der Waals surface area (Å²) in [6, 6.07) is 5.57. The molecule has 26 heavy (non-hydrogen) atoms. The zero-order valence-corrected chi connectivity index (χ0v) is 15.0. The minimum Gasteiger partial charge on any atom is -0.368 e. The Morgan fingerprint density at radius 1 is 1.31 bits per heavy atom. The summed E-state index contributed by atoms with van der Waals surface area (Å²) in [5.74, 6) is -0.862. The average molecular weight is 379 g/mol. The van der Waals surface area contributed by atoms with Crippen LogP contribution in [0.2, 0.25) is 5.02 Å². The van der Waals surface area contributed by atoms with Gasteiger partial charge in [0.1, 0.15) is 0 Å². The molecular weight excluding hydrogens is 360 g/mol. The predicted octanol–water partition coefficient (Wildman–Crippen LogP) is 1.16. The Balaban J connectivity index is 1.51. The highest BCUT2D eigenvalue weighted by Gasteiger charge is 2.22. The second-order valence-corrected chi connectivity index (χ2v) is 6.38. The topological polar surface area (TPSA) is 118 Å². The van der Waals surface area contributed by atoms with E-state index in [0.717, 1.165) is 11.3 Å². The fourth-order valence-corrected chi connectivity index (χ4v) is 2.93. The van der Waals surface area contributed by atoms with Crippen LogP contribution in [-0.4, -0.2) is 53.2 Å². The van der Waals surface area contributed by atoms with Crippen molar-refractivity contribution in [2.24, 2.45) is 5.73 Å². The first-order chi connectivity index (χ1) is 12.4. The van der Waals surface area contributed by atoms with Crippen molar-refractivity contribution in [3.05, 3.63) is 40.5 Å². The number of urea groups is 1. The molecule has 0 bridgehead atoms. The van der Waals surface area contributed by atoms with Gasteiger partial charge in [0, 0.05) is 36.9 Å². The number of benzene rings is 1. The quantitative estimate of drug-likeness (QED) is 0.824. The molecule has 3 amide bonds. The van der Waals surface area contributed by atoms with Gasteiger partial charge in [0.15, 0.2) is 0 Å². The van der Waals surface area contributed by atoms with E-state index in [0.29, 0.717) is 31.2 Å². The lowest BCUT2D eigenvalue weighted by Crippen LogP contribution is -2.51. The van der Waals surface area contributed by atoms with E-state index >= 15 is 0 Å². The second kappa shape index (κ2) is 7.61. The Morgan fingerprint density at radius 2 is 2.04 bits per heavy atom. The standard InChI is InChI=1S/C16H19ClN6O3/c1-10-2-3-11(17)8-12(10)22-4-6-23(7-5-22)16(25)19-9-13-20-15(14(18)24)21-26-13/h2-3,8H,4-7,9H2,1H3,(H2,18,24)(H,19,25). The SMILES string of the molecule is Cc1ccc(Cl)cc1N1CCN(C(=O)NCc2nc(C(N)=O)no2)CC1. The van der Waals surface area contributed by atoms with Crippen molar-refractivity contribution in [2.75, 3.05) is 31.1 Å². The monoisotopic (exact) mass is 378 g/mol. The fraction of sp³-hybridized carbons (Fsp3) is 0.375. The number of nitrogens with zero attached hydrogens (tertiary/aromatic N) is 4. The zero-order valence-electron chi connectivity index (χ0n) is 14.2. The number of carbonyl (C=O) groups excluding carboxylic acids is 2. The number of anilines is 1. The summed E-state index contributed by atoms with van der Waals surface area (Å²) in [5.41, 5.74) is 7.28. The summed E-state index contributed by atoms with van der Waals surface area (Å²) >= 11 is 6.09. The first-order valence-corrected chi connectivity index (χ1v) is 8.48. The van der Waals surface area contributed by atoms with Crippen LogP contribution in [0.4, 0.5) is 10.5 Å². The highest BCUT2D eigenvalue weighted by Crippen LogP contribution is 2.25. The van der Waals surface area contributed by atoms with Gasteiger partial charge in [0.05, 0.1) is 6.54 Å². The molecule has 2 heterocycles. The Kier molecular flexibility index (Phi) is 5.27. The molecule has 0 saturated carbocycles. The lowest BCUT2D eigenvalue weighted by molar-refractivity contribution is 0.0987. The van der Waals surface area contributed by atoms with E-state index < -0.39 is 5.91 Å². The summed E-state index contributed by atoms with van der Waals surface area (Å²) in [7, 11) is 0. The smallest absolute Gasteiger partial charge is 0.317 e. The number of halogens is 1. The normalized spacial score (nSPS) is 14.4. The summed E-state index contributed by atoms with van der Waals surface area (Å²) in [5, 5.41) is 6.81. The highest BCUT2D eigenvalue weighted by molar-refractivity contribution is 6.30. The van der Waals surface area contributed by atoms with E-state index in [2.05, 4.69) is 20.4 Å². The van der Waals surface area contributed by atoms with Crippen molar-refractivity contribution in [3.8, 4) is 0 Å². The summed E-state index contributed by atoms with van der Waals surface area (Å²) in [4.78, 5) is 30.9. The molecule has 1 aromatic carbocycles. The molecular formula is C16H19ClN6O3. The van der Waals surface area contributed by atoms with E-state index in [1.54, 1.807) is 4.90 Å². The number of nitrogens with two attached hydrogens (primary N) is 1. The van der Waals surface area contributed by atoms with E-state index in [1.807, 2.05) is 25.1 Å². The summed E-state index contributed by atoms with van der Waals surface area (Å²) < 4.78 is 4.85. The minimum atomic E-state index is -0.779. The van der Waals surface area contributed by atoms with Gasteiger partial charge in [-0.25, -0.2) is 4.79 Å². The maximum atomic E-state index is 12.3. The molecule has 0 spiro atoms. The van der Waals surface area contributed by atoms with Crippen LogP contribution in [0.5, 0.6) is 0 Å². The maximum absolute atomic E-state index is 12.3. The van der Waals surface area contributed by atoms with Gasteiger partial charge in [0.2, 0.25) is 5.89 Å². The summed E-state index contributed by atoms with van der Waals surface area (Å²) in [6.07, 6.45) is 0. The Morgan fingerprint density at radius 3 is 2.69 bits per heavy atom. The van der Waals surface area contributed by atoms with Gasteiger partial charge in [-0.1, -0.05) is 22.8 Å². The van der Waals surface area contributed by atoms with Crippen molar-refractivity contribution in [2.45, 2.75) is 13.5 Å². The van der Waals surface area contributed by atoms with Crippen LogP contribution in [0.15, 0.2) is 22.7 Å². The third kappa shape index (κ3) is 4.05. The number of carbonyl (C=O) groups is 2. The molecule has 3 rings (SSSR count). The average Bonchev–Trinajstić information content (AvgIpc) is 3.11. The first-order valence-electron chi connectivity index (χ1n) is 8.10. The number of aromatic nitrogens is 2. The van der Waals surface area contributed by atoms with Crippen LogP contribution < -0.4 is 16.0 Å². The highest BCUT2D eigenvalue weighted by atomic mass is 35.5. The molecule has 1 aliphatic heterocycles. The van der Waals surface area contributed by atoms with Crippen molar-refractivity contribution < 1.29 is 14.1 Å². The number of piperazine rings is 1.